The Morgan fingerprint density at radius 2 is 1.87 bits per heavy atom. The van der Waals surface area contributed by atoms with E-state index in [1.54, 1.807) is 6.92 Å². The van der Waals surface area contributed by atoms with Crippen LogP contribution in [0.1, 0.15) is 51.7 Å². The molecule has 0 radical (unpaired) electrons. The van der Waals surface area contributed by atoms with Crippen LogP contribution in [0.2, 0.25) is 0 Å². The van der Waals surface area contributed by atoms with Gasteiger partial charge in [-0.25, -0.2) is 0 Å². The van der Waals surface area contributed by atoms with Crippen molar-refractivity contribution in [2.75, 3.05) is 13.1 Å². The molecule has 132 valence electrons. The molecule has 1 unspecified atom stereocenters. The van der Waals surface area contributed by atoms with Crippen LogP contribution in [0.15, 0.2) is 18.2 Å². The third kappa shape index (κ3) is 7.23. The molecular formula is C18H31ClN2O2. The van der Waals surface area contributed by atoms with Gasteiger partial charge in [0.1, 0.15) is 5.75 Å². The first-order valence-corrected chi connectivity index (χ1v) is 8.13. The van der Waals surface area contributed by atoms with Gasteiger partial charge in [0, 0.05) is 12.6 Å². The number of hydrogen-bond donors (Lipinski definition) is 2. The molecule has 1 aromatic rings. The Balaban J connectivity index is 0.00000484. The maximum Gasteiger partial charge on any atom is 0.260 e. The quantitative estimate of drug-likeness (QED) is 0.761. The highest BCUT2D eigenvalue weighted by Crippen LogP contribution is 2.24. The van der Waals surface area contributed by atoms with Gasteiger partial charge in [0.15, 0.2) is 6.10 Å². The van der Waals surface area contributed by atoms with Crippen LogP contribution in [0, 0.1) is 6.92 Å². The Labute approximate surface area is 146 Å². The third-order valence-electron chi connectivity index (χ3n) is 3.68. The number of halogens is 1. The summed E-state index contributed by atoms with van der Waals surface area (Å²) in [7, 11) is 0. The maximum atomic E-state index is 12.1. The zero-order valence-electron chi connectivity index (χ0n) is 15.1. The van der Waals surface area contributed by atoms with E-state index in [1.165, 1.54) is 11.1 Å². The molecule has 0 fully saturated rings. The van der Waals surface area contributed by atoms with E-state index in [9.17, 15) is 4.79 Å². The molecular weight excluding hydrogens is 312 g/mol. The van der Waals surface area contributed by atoms with E-state index in [0.29, 0.717) is 12.5 Å². The lowest BCUT2D eigenvalue weighted by Crippen LogP contribution is -2.43. The molecule has 0 saturated heterocycles. The Bertz CT molecular complexity index is 492. The minimum absolute atomic E-state index is 0. The fraction of sp³-hybridized carbons (Fsp3) is 0.611. The zero-order chi connectivity index (χ0) is 16.7. The molecule has 1 amide bonds. The smallest absolute Gasteiger partial charge is 0.260 e. The van der Waals surface area contributed by atoms with E-state index in [2.05, 4.69) is 37.5 Å². The Morgan fingerprint density at radius 1 is 1.22 bits per heavy atom. The third-order valence-corrected chi connectivity index (χ3v) is 3.68. The number of aryl methyl sites for hydroxylation is 1. The fourth-order valence-electron chi connectivity index (χ4n) is 2.44. The van der Waals surface area contributed by atoms with Gasteiger partial charge in [0.25, 0.3) is 5.91 Å². The van der Waals surface area contributed by atoms with Crippen molar-refractivity contribution in [3.63, 3.8) is 0 Å². The van der Waals surface area contributed by atoms with E-state index in [1.807, 2.05) is 26.0 Å². The SMILES string of the molecule is CCN[C@H](C)CNC(=O)C(C)Oc1ccc(C(C)C)c(C)c1.Cl. The molecule has 0 aliphatic rings. The van der Waals surface area contributed by atoms with E-state index in [4.69, 9.17) is 4.74 Å². The predicted octanol–water partition coefficient (Wildman–Crippen LogP) is 3.42. The van der Waals surface area contributed by atoms with Crippen molar-refractivity contribution < 1.29 is 9.53 Å². The zero-order valence-corrected chi connectivity index (χ0v) is 15.9. The summed E-state index contributed by atoms with van der Waals surface area (Å²) < 4.78 is 5.75. The van der Waals surface area contributed by atoms with Crippen LogP contribution < -0.4 is 15.4 Å². The molecule has 23 heavy (non-hydrogen) atoms. The maximum absolute atomic E-state index is 12.1. The van der Waals surface area contributed by atoms with Crippen molar-refractivity contribution in [2.24, 2.45) is 0 Å². The van der Waals surface area contributed by atoms with Gasteiger partial charge < -0.3 is 15.4 Å². The molecule has 4 nitrogen and oxygen atoms in total. The van der Waals surface area contributed by atoms with Crippen LogP contribution in [0.3, 0.4) is 0 Å². The van der Waals surface area contributed by atoms with Crippen molar-refractivity contribution in [2.45, 2.75) is 59.6 Å². The van der Waals surface area contributed by atoms with Gasteiger partial charge in [-0.2, -0.15) is 0 Å². The van der Waals surface area contributed by atoms with E-state index in [0.717, 1.165) is 12.3 Å². The van der Waals surface area contributed by atoms with Crippen molar-refractivity contribution >= 4 is 18.3 Å². The Kier molecular flexibility index (Phi) is 9.93. The second kappa shape index (κ2) is 10.5. The van der Waals surface area contributed by atoms with Crippen LogP contribution >= 0.6 is 12.4 Å². The summed E-state index contributed by atoms with van der Waals surface area (Å²) in [6, 6.07) is 6.27. The standard InChI is InChI=1S/C18H30N2O2.ClH/c1-7-19-14(5)11-20-18(21)15(6)22-16-8-9-17(12(2)3)13(4)10-16;/h8-10,12,14-15,19H,7,11H2,1-6H3,(H,20,21);1H/t14-,15?;/m1./s1. The minimum atomic E-state index is -0.502. The van der Waals surface area contributed by atoms with Crippen molar-refractivity contribution in [1.82, 2.24) is 10.6 Å². The van der Waals surface area contributed by atoms with Crippen molar-refractivity contribution in [3.05, 3.63) is 29.3 Å². The highest BCUT2D eigenvalue weighted by atomic mass is 35.5. The summed E-state index contributed by atoms with van der Waals surface area (Å²) in [5.41, 5.74) is 2.50. The molecule has 0 bridgehead atoms. The largest absolute Gasteiger partial charge is 0.481 e. The van der Waals surface area contributed by atoms with Crippen LogP contribution in [-0.2, 0) is 4.79 Å². The molecule has 2 N–H and O–H groups in total. The molecule has 0 aromatic heterocycles. The summed E-state index contributed by atoms with van der Waals surface area (Å²) in [6.45, 7) is 13.8. The summed E-state index contributed by atoms with van der Waals surface area (Å²) in [5.74, 6) is 1.14. The highest BCUT2D eigenvalue weighted by Gasteiger charge is 2.15. The first-order valence-electron chi connectivity index (χ1n) is 8.13. The average molecular weight is 343 g/mol. The fourth-order valence-corrected chi connectivity index (χ4v) is 2.44. The van der Waals surface area contributed by atoms with Gasteiger partial charge in [-0.3, -0.25) is 4.79 Å². The highest BCUT2D eigenvalue weighted by molar-refractivity contribution is 5.85. The molecule has 1 aromatic carbocycles. The molecule has 0 saturated carbocycles. The second-order valence-electron chi connectivity index (χ2n) is 6.14. The van der Waals surface area contributed by atoms with E-state index < -0.39 is 6.10 Å². The van der Waals surface area contributed by atoms with Gasteiger partial charge >= 0.3 is 0 Å². The topological polar surface area (TPSA) is 50.4 Å². The number of benzene rings is 1. The number of carbonyl (C=O) groups excluding carboxylic acids is 1. The van der Waals surface area contributed by atoms with E-state index in [-0.39, 0.29) is 24.4 Å². The molecule has 0 aliphatic carbocycles. The lowest BCUT2D eigenvalue weighted by atomic mass is 9.98. The number of carbonyl (C=O) groups is 1. The molecule has 0 aliphatic heterocycles. The van der Waals surface area contributed by atoms with Crippen LogP contribution in [-0.4, -0.2) is 31.1 Å². The second-order valence-corrected chi connectivity index (χ2v) is 6.14. The number of amides is 1. The number of ether oxygens (including phenoxy) is 1. The number of hydrogen-bond acceptors (Lipinski definition) is 3. The number of nitrogens with one attached hydrogen (secondary N) is 2. The summed E-state index contributed by atoms with van der Waals surface area (Å²) >= 11 is 0. The lowest BCUT2D eigenvalue weighted by Gasteiger charge is -2.18. The van der Waals surface area contributed by atoms with Gasteiger partial charge in [0.2, 0.25) is 0 Å². The van der Waals surface area contributed by atoms with Gasteiger partial charge in [-0.1, -0.05) is 26.8 Å². The van der Waals surface area contributed by atoms with Gasteiger partial charge in [-0.15, -0.1) is 12.4 Å². The molecule has 5 heteroatoms. The van der Waals surface area contributed by atoms with Crippen LogP contribution in [0.5, 0.6) is 5.75 Å². The van der Waals surface area contributed by atoms with E-state index >= 15 is 0 Å². The minimum Gasteiger partial charge on any atom is -0.481 e. The average Bonchev–Trinajstić information content (AvgIpc) is 2.44. The first kappa shape index (κ1) is 21.7. The van der Waals surface area contributed by atoms with Crippen molar-refractivity contribution in [1.29, 1.82) is 0 Å². The number of rotatable bonds is 8. The van der Waals surface area contributed by atoms with Crippen molar-refractivity contribution in [3.8, 4) is 5.75 Å². The summed E-state index contributed by atoms with van der Waals surface area (Å²) in [5, 5.41) is 6.16. The Hall–Kier alpha value is -1.26. The van der Waals surface area contributed by atoms with Crippen LogP contribution in [0.25, 0.3) is 0 Å². The first-order chi connectivity index (χ1) is 10.3. The lowest BCUT2D eigenvalue weighted by molar-refractivity contribution is -0.127. The molecule has 0 heterocycles. The normalized spacial score (nSPS) is 13.2. The summed E-state index contributed by atoms with van der Waals surface area (Å²) in [6.07, 6.45) is -0.502. The van der Waals surface area contributed by atoms with Gasteiger partial charge in [0.05, 0.1) is 0 Å². The van der Waals surface area contributed by atoms with Gasteiger partial charge in [-0.05, 0) is 56.5 Å². The van der Waals surface area contributed by atoms with Crippen LogP contribution in [0.4, 0.5) is 0 Å². The predicted molar refractivity (Wildman–Crippen MR) is 98.8 cm³/mol. The summed E-state index contributed by atoms with van der Waals surface area (Å²) in [4.78, 5) is 12.1. The Morgan fingerprint density at radius 3 is 2.39 bits per heavy atom. The monoisotopic (exact) mass is 342 g/mol. The number of likely N-dealkylation sites (N-methyl/N-ethyl adjacent to an activating group) is 1. The molecule has 0 spiro atoms. The molecule has 2 atom stereocenters. The molecule has 1 rings (SSSR count).